The molecule has 1 atom stereocenters. The number of hydrogen-bond donors (Lipinski definition) is 0. The van der Waals surface area contributed by atoms with E-state index in [0.717, 1.165) is 29.4 Å². The number of ether oxygens (including phenoxy) is 1. The highest BCUT2D eigenvalue weighted by Gasteiger charge is 2.29. The van der Waals surface area contributed by atoms with Crippen molar-refractivity contribution in [3.05, 3.63) is 60.8 Å². The smallest absolute Gasteiger partial charge is 0.319 e. The summed E-state index contributed by atoms with van der Waals surface area (Å²) >= 11 is 1.50. The van der Waals surface area contributed by atoms with Gasteiger partial charge in [-0.3, -0.25) is 4.79 Å². The number of esters is 1. The van der Waals surface area contributed by atoms with Gasteiger partial charge in [-0.05, 0) is 23.6 Å². The Bertz CT molecular complexity index is 904. The van der Waals surface area contributed by atoms with Crippen LogP contribution < -0.4 is 0 Å². The number of nitrogens with zero attached hydrogens (tertiary/aromatic N) is 2. The summed E-state index contributed by atoms with van der Waals surface area (Å²) in [6.45, 7) is 3.41. The maximum atomic E-state index is 11.7. The number of benzene rings is 2. The van der Waals surface area contributed by atoms with E-state index in [0.29, 0.717) is 6.61 Å². The van der Waals surface area contributed by atoms with E-state index in [-0.39, 0.29) is 11.2 Å². The van der Waals surface area contributed by atoms with Crippen LogP contribution in [-0.4, -0.2) is 27.4 Å². The summed E-state index contributed by atoms with van der Waals surface area (Å²) in [5.74, 6) is -0.130. The molecule has 1 aliphatic heterocycles. The van der Waals surface area contributed by atoms with E-state index in [1.165, 1.54) is 22.9 Å². The SMILES string of the molecule is CCn1c(-c2ccc(-c3ccccc3)cc2)cnc1S[C@H]1CCOC1=O. The zero-order valence-corrected chi connectivity index (χ0v) is 15.4. The van der Waals surface area contributed by atoms with Gasteiger partial charge in [0.1, 0.15) is 5.25 Å². The van der Waals surface area contributed by atoms with Crippen molar-refractivity contribution in [1.82, 2.24) is 9.55 Å². The molecule has 1 aromatic heterocycles. The van der Waals surface area contributed by atoms with Crippen LogP contribution in [0.3, 0.4) is 0 Å². The maximum absolute atomic E-state index is 11.7. The van der Waals surface area contributed by atoms with Gasteiger partial charge in [0.25, 0.3) is 0 Å². The molecular weight excluding hydrogens is 344 g/mol. The van der Waals surface area contributed by atoms with Crippen molar-refractivity contribution >= 4 is 17.7 Å². The predicted octanol–water partition coefficient (Wildman–Crippen LogP) is 4.64. The number of cyclic esters (lactones) is 1. The van der Waals surface area contributed by atoms with Crippen LogP contribution in [0.4, 0.5) is 0 Å². The standard InChI is InChI=1S/C21H20N2O2S/c1-2-23-18(14-22-21(23)26-19-12-13-25-20(19)24)17-10-8-16(9-11-17)15-6-4-3-5-7-15/h3-11,14,19H,2,12-13H2,1H3/t19-/m0/s1. The minimum atomic E-state index is -0.143. The lowest BCUT2D eigenvalue weighted by molar-refractivity contribution is -0.137. The molecule has 3 aromatic rings. The van der Waals surface area contributed by atoms with Crippen LogP contribution >= 0.6 is 11.8 Å². The molecule has 5 heteroatoms. The molecule has 0 radical (unpaired) electrons. The van der Waals surface area contributed by atoms with Crippen molar-refractivity contribution in [2.45, 2.75) is 30.3 Å². The molecule has 0 unspecified atom stereocenters. The van der Waals surface area contributed by atoms with Crippen LogP contribution in [-0.2, 0) is 16.1 Å². The minimum absolute atomic E-state index is 0.130. The molecule has 0 amide bonds. The van der Waals surface area contributed by atoms with Crippen LogP contribution in [0.5, 0.6) is 0 Å². The first-order chi connectivity index (χ1) is 12.8. The third kappa shape index (κ3) is 3.27. The molecule has 0 aliphatic carbocycles. The van der Waals surface area contributed by atoms with Crippen LogP contribution in [0.1, 0.15) is 13.3 Å². The number of thioether (sulfide) groups is 1. The Labute approximate surface area is 157 Å². The van der Waals surface area contributed by atoms with Gasteiger partial charge in [0, 0.05) is 13.0 Å². The van der Waals surface area contributed by atoms with Gasteiger partial charge in [0.15, 0.2) is 5.16 Å². The van der Waals surface area contributed by atoms with Crippen molar-refractivity contribution in [3.8, 4) is 22.4 Å². The molecule has 4 rings (SSSR count). The summed E-state index contributed by atoms with van der Waals surface area (Å²) in [6, 6.07) is 18.9. The lowest BCUT2D eigenvalue weighted by atomic mass is 10.0. The average Bonchev–Trinajstić information content (AvgIpc) is 3.29. The normalized spacial score (nSPS) is 16.7. The highest BCUT2D eigenvalue weighted by atomic mass is 32.2. The van der Waals surface area contributed by atoms with Gasteiger partial charge >= 0.3 is 5.97 Å². The van der Waals surface area contributed by atoms with Crippen LogP contribution in [0.15, 0.2) is 66.0 Å². The van der Waals surface area contributed by atoms with Gasteiger partial charge in [0.05, 0.1) is 18.5 Å². The number of imidazole rings is 1. The Morgan fingerprint density at radius 2 is 1.77 bits per heavy atom. The molecule has 0 saturated carbocycles. The number of hydrogen-bond acceptors (Lipinski definition) is 4. The van der Waals surface area contributed by atoms with Gasteiger partial charge in [-0.25, -0.2) is 4.98 Å². The van der Waals surface area contributed by atoms with E-state index < -0.39 is 0 Å². The molecule has 1 saturated heterocycles. The third-order valence-corrected chi connectivity index (χ3v) is 5.81. The Morgan fingerprint density at radius 3 is 2.42 bits per heavy atom. The Kier molecular flexibility index (Phi) is 4.80. The zero-order valence-electron chi connectivity index (χ0n) is 14.6. The van der Waals surface area contributed by atoms with Gasteiger partial charge in [-0.2, -0.15) is 0 Å². The predicted molar refractivity (Wildman–Crippen MR) is 104 cm³/mol. The van der Waals surface area contributed by atoms with Crippen molar-refractivity contribution in [2.75, 3.05) is 6.61 Å². The summed E-state index contributed by atoms with van der Waals surface area (Å²) in [6.07, 6.45) is 2.64. The summed E-state index contributed by atoms with van der Waals surface area (Å²) < 4.78 is 7.22. The maximum Gasteiger partial charge on any atom is 0.319 e. The van der Waals surface area contributed by atoms with Crippen molar-refractivity contribution < 1.29 is 9.53 Å². The summed E-state index contributed by atoms with van der Waals surface area (Å²) in [5, 5.41) is 0.731. The van der Waals surface area contributed by atoms with Gasteiger partial charge in [-0.15, -0.1) is 0 Å². The second-order valence-corrected chi connectivity index (χ2v) is 7.35. The van der Waals surface area contributed by atoms with E-state index in [1.807, 2.05) is 24.4 Å². The molecule has 4 nitrogen and oxygen atoms in total. The molecule has 2 aromatic carbocycles. The Balaban J connectivity index is 1.60. The van der Waals surface area contributed by atoms with Crippen molar-refractivity contribution in [3.63, 3.8) is 0 Å². The molecule has 2 heterocycles. The Morgan fingerprint density at radius 1 is 1.08 bits per heavy atom. The lowest BCUT2D eigenvalue weighted by Gasteiger charge is -2.11. The minimum Gasteiger partial charge on any atom is -0.465 e. The van der Waals surface area contributed by atoms with Crippen LogP contribution in [0.25, 0.3) is 22.4 Å². The fraction of sp³-hybridized carbons (Fsp3) is 0.238. The molecule has 1 aliphatic rings. The van der Waals surface area contributed by atoms with E-state index in [2.05, 4.69) is 52.9 Å². The first kappa shape index (κ1) is 16.9. The van der Waals surface area contributed by atoms with Crippen molar-refractivity contribution in [2.24, 2.45) is 0 Å². The second kappa shape index (κ2) is 7.38. The summed E-state index contributed by atoms with van der Waals surface area (Å²) in [7, 11) is 0. The molecule has 0 bridgehead atoms. The Hall–Kier alpha value is -2.53. The number of aromatic nitrogens is 2. The molecule has 132 valence electrons. The van der Waals surface area contributed by atoms with Crippen molar-refractivity contribution in [1.29, 1.82) is 0 Å². The second-order valence-electron chi connectivity index (χ2n) is 6.18. The van der Waals surface area contributed by atoms with E-state index >= 15 is 0 Å². The van der Waals surface area contributed by atoms with Gasteiger partial charge in [0.2, 0.25) is 0 Å². The quantitative estimate of drug-likeness (QED) is 0.619. The highest BCUT2D eigenvalue weighted by Crippen LogP contribution is 2.32. The first-order valence-electron chi connectivity index (χ1n) is 8.81. The topological polar surface area (TPSA) is 44.1 Å². The molecule has 1 fully saturated rings. The van der Waals surface area contributed by atoms with Gasteiger partial charge in [-0.1, -0.05) is 66.4 Å². The monoisotopic (exact) mass is 364 g/mol. The van der Waals surface area contributed by atoms with Crippen LogP contribution in [0.2, 0.25) is 0 Å². The fourth-order valence-corrected chi connectivity index (χ4v) is 4.27. The lowest BCUT2D eigenvalue weighted by Crippen LogP contribution is -2.11. The summed E-state index contributed by atoms with van der Waals surface area (Å²) in [5.41, 5.74) is 4.60. The third-order valence-electron chi connectivity index (χ3n) is 4.56. The number of carbonyl (C=O) groups excluding carboxylic acids is 1. The molecule has 0 spiro atoms. The van der Waals surface area contributed by atoms with E-state index in [9.17, 15) is 4.79 Å². The highest BCUT2D eigenvalue weighted by molar-refractivity contribution is 8.00. The number of rotatable bonds is 5. The van der Waals surface area contributed by atoms with Gasteiger partial charge < -0.3 is 9.30 Å². The number of carbonyl (C=O) groups is 1. The molecular formula is C21H20N2O2S. The average molecular weight is 364 g/mol. The zero-order chi connectivity index (χ0) is 17.9. The first-order valence-corrected chi connectivity index (χ1v) is 9.69. The molecule has 26 heavy (non-hydrogen) atoms. The largest absolute Gasteiger partial charge is 0.465 e. The molecule has 0 N–H and O–H groups in total. The summed E-state index contributed by atoms with van der Waals surface area (Å²) in [4.78, 5) is 16.3. The van der Waals surface area contributed by atoms with Crippen LogP contribution in [0, 0.1) is 0 Å². The fourth-order valence-electron chi connectivity index (χ4n) is 3.16. The van der Waals surface area contributed by atoms with E-state index in [1.54, 1.807) is 0 Å². The van der Waals surface area contributed by atoms with E-state index in [4.69, 9.17) is 4.74 Å².